The Kier molecular flexibility index (Phi) is 5.04. The summed E-state index contributed by atoms with van der Waals surface area (Å²) in [6.45, 7) is 4.83. The smallest absolute Gasteiger partial charge is 0.225 e. The van der Waals surface area contributed by atoms with E-state index < -0.39 is 0 Å². The van der Waals surface area contributed by atoms with Crippen molar-refractivity contribution in [2.24, 2.45) is 23.5 Å². The summed E-state index contributed by atoms with van der Waals surface area (Å²) >= 11 is 0. The summed E-state index contributed by atoms with van der Waals surface area (Å²) in [6, 6.07) is 0. The second-order valence-electron chi connectivity index (χ2n) is 6.23. The van der Waals surface area contributed by atoms with E-state index in [9.17, 15) is 4.79 Å². The molecule has 2 aliphatic rings. The zero-order valence-corrected chi connectivity index (χ0v) is 11.7. The van der Waals surface area contributed by atoms with Crippen LogP contribution in [0.4, 0.5) is 0 Å². The lowest BCUT2D eigenvalue weighted by molar-refractivity contribution is -0.138. The average Bonchev–Trinajstić information content (AvgIpc) is 2.67. The number of likely N-dealkylation sites (tertiary alicyclic amines) is 1. The molecular formula is C15H28N2O. The third-order valence-corrected chi connectivity index (χ3v) is 4.93. The minimum absolute atomic E-state index is 0.305. The maximum atomic E-state index is 12.6. The van der Waals surface area contributed by atoms with Gasteiger partial charge in [-0.15, -0.1) is 0 Å². The van der Waals surface area contributed by atoms with Gasteiger partial charge in [-0.2, -0.15) is 0 Å². The minimum atomic E-state index is 0.305. The van der Waals surface area contributed by atoms with E-state index in [1.54, 1.807) is 0 Å². The molecule has 1 heterocycles. The predicted molar refractivity (Wildman–Crippen MR) is 74.1 cm³/mol. The van der Waals surface area contributed by atoms with E-state index in [0.717, 1.165) is 38.9 Å². The fourth-order valence-electron chi connectivity index (χ4n) is 3.44. The molecule has 0 spiro atoms. The van der Waals surface area contributed by atoms with Crippen LogP contribution < -0.4 is 5.73 Å². The topological polar surface area (TPSA) is 46.3 Å². The van der Waals surface area contributed by atoms with E-state index in [4.69, 9.17) is 5.73 Å². The zero-order valence-electron chi connectivity index (χ0n) is 11.7. The number of piperidine rings is 1. The first-order chi connectivity index (χ1) is 8.72. The van der Waals surface area contributed by atoms with Crippen LogP contribution in [0.15, 0.2) is 0 Å². The molecule has 18 heavy (non-hydrogen) atoms. The van der Waals surface area contributed by atoms with Crippen molar-refractivity contribution in [3.05, 3.63) is 0 Å². The highest BCUT2D eigenvalue weighted by molar-refractivity contribution is 5.79. The number of hydrogen-bond acceptors (Lipinski definition) is 2. The molecule has 0 radical (unpaired) electrons. The molecule has 1 aliphatic heterocycles. The lowest BCUT2D eigenvalue weighted by Gasteiger charge is -2.38. The third-order valence-electron chi connectivity index (χ3n) is 4.93. The van der Waals surface area contributed by atoms with Gasteiger partial charge in [-0.25, -0.2) is 0 Å². The average molecular weight is 252 g/mol. The Morgan fingerprint density at radius 2 is 1.83 bits per heavy atom. The number of nitrogens with zero attached hydrogens (tertiary/aromatic N) is 1. The monoisotopic (exact) mass is 252 g/mol. The van der Waals surface area contributed by atoms with Gasteiger partial charge in [0.1, 0.15) is 0 Å². The molecule has 2 unspecified atom stereocenters. The molecule has 0 bridgehead atoms. The molecule has 2 N–H and O–H groups in total. The Labute approximate surface area is 111 Å². The van der Waals surface area contributed by atoms with Crippen LogP contribution in [0.25, 0.3) is 0 Å². The predicted octanol–water partition coefficient (Wildman–Crippen LogP) is 2.40. The molecule has 1 aliphatic carbocycles. The van der Waals surface area contributed by atoms with Crippen LogP contribution in [-0.4, -0.2) is 30.4 Å². The van der Waals surface area contributed by atoms with Crippen LogP contribution in [0.5, 0.6) is 0 Å². The first-order valence-electron chi connectivity index (χ1n) is 7.71. The van der Waals surface area contributed by atoms with E-state index in [1.807, 2.05) is 0 Å². The molecule has 2 rings (SSSR count). The zero-order chi connectivity index (χ0) is 13.0. The molecule has 0 aromatic heterocycles. The molecule has 0 aromatic rings. The van der Waals surface area contributed by atoms with Gasteiger partial charge in [0.05, 0.1) is 0 Å². The van der Waals surface area contributed by atoms with Crippen molar-refractivity contribution in [2.45, 2.75) is 51.9 Å². The number of carbonyl (C=O) groups is 1. The van der Waals surface area contributed by atoms with Crippen LogP contribution in [0.3, 0.4) is 0 Å². The van der Waals surface area contributed by atoms with E-state index in [2.05, 4.69) is 11.8 Å². The van der Waals surface area contributed by atoms with Crippen molar-refractivity contribution in [3.63, 3.8) is 0 Å². The largest absolute Gasteiger partial charge is 0.342 e. The van der Waals surface area contributed by atoms with Gasteiger partial charge in [-0.05, 0) is 37.6 Å². The van der Waals surface area contributed by atoms with Gasteiger partial charge >= 0.3 is 0 Å². The molecule has 3 nitrogen and oxygen atoms in total. The molecule has 2 fully saturated rings. The van der Waals surface area contributed by atoms with Crippen molar-refractivity contribution in [1.82, 2.24) is 4.90 Å². The molecule has 104 valence electrons. The minimum Gasteiger partial charge on any atom is -0.342 e. The summed E-state index contributed by atoms with van der Waals surface area (Å²) in [4.78, 5) is 14.7. The van der Waals surface area contributed by atoms with E-state index in [0.29, 0.717) is 23.7 Å². The van der Waals surface area contributed by atoms with Crippen molar-refractivity contribution in [1.29, 1.82) is 0 Å². The number of rotatable bonds is 2. The van der Waals surface area contributed by atoms with Crippen molar-refractivity contribution < 1.29 is 4.79 Å². The van der Waals surface area contributed by atoms with E-state index in [-0.39, 0.29) is 0 Å². The fraction of sp³-hybridized carbons (Fsp3) is 0.933. The molecular weight excluding hydrogens is 224 g/mol. The number of hydrogen-bond donors (Lipinski definition) is 1. The van der Waals surface area contributed by atoms with Crippen molar-refractivity contribution >= 4 is 5.91 Å². The summed E-state index contributed by atoms with van der Waals surface area (Å²) in [5.41, 5.74) is 5.82. The number of amides is 1. The normalized spacial score (nSPS) is 31.1. The van der Waals surface area contributed by atoms with Crippen LogP contribution in [0.2, 0.25) is 0 Å². The fourth-order valence-corrected chi connectivity index (χ4v) is 3.44. The first-order valence-corrected chi connectivity index (χ1v) is 7.71. The summed E-state index contributed by atoms with van der Waals surface area (Å²) in [6.07, 6.45) is 8.44. The maximum Gasteiger partial charge on any atom is 0.225 e. The number of carbonyl (C=O) groups excluding carboxylic acids is 1. The highest BCUT2D eigenvalue weighted by Gasteiger charge is 2.31. The van der Waals surface area contributed by atoms with Gasteiger partial charge in [0, 0.05) is 19.0 Å². The highest BCUT2D eigenvalue weighted by Crippen LogP contribution is 2.28. The quantitative estimate of drug-likeness (QED) is 0.767. The Bertz CT molecular complexity index is 272. The third kappa shape index (κ3) is 3.25. The van der Waals surface area contributed by atoms with Crippen LogP contribution >= 0.6 is 0 Å². The standard InChI is InChI=1S/C15H28N2O/c1-12-8-9-17(11-14(12)10-16)15(18)13-6-4-2-3-5-7-13/h12-14H,2-11,16H2,1H3. The van der Waals surface area contributed by atoms with E-state index >= 15 is 0 Å². The molecule has 1 saturated heterocycles. The van der Waals surface area contributed by atoms with Crippen LogP contribution in [0, 0.1) is 17.8 Å². The second kappa shape index (κ2) is 6.55. The Morgan fingerprint density at radius 3 is 2.44 bits per heavy atom. The molecule has 2 atom stereocenters. The van der Waals surface area contributed by atoms with Crippen LogP contribution in [-0.2, 0) is 4.79 Å². The van der Waals surface area contributed by atoms with E-state index in [1.165, 1.54) is 25.7 Å². The lowest BCUT2D eigenvalue weighted by Crippen LogP contribution is -2.47. The lowest BCUT2D eigenvalue weighted by atomic mass is 9.86. The summed E-state index contributed by atoms with van der Waals surface area (Å²) in [5, 5.41) is 0. The highest BCUT2D eigenvalue weighted by atomic mass is 16.2. The van der Waals surface area contributed by atoms with Gasteiger partial charge in [-0.1, -0.05) is 32.6 Å². The second-order valence-corrected chi connectivity index (χ2v) is 6.23. The van der Waals surface area contributed by atoms with Gasteiger partial charge < -0.3 is 10.6 Å². The van der Waals surface area contributed by atoms with Crippen molar-refractivity contribution in [2.75, 3.05) is 19.6 Å². The van der Waals surface area contributed by atoms with Crippen molar-refractivity contribution in [3.8, 4) is 0 Å². The molecule has 1 saturated carbocycles. The number of nitrogens with two attached hydrogens (primary N) is 1. The van der Waals surface area contributed by atoms with Gasteiger partial charge in [0.2, 0.25) is 5.91 Å². The van der Waals surface area contributed by atoms with Gasteiger partial charge in [0.25, 0.3) is 0 Å². The molecule has 3 heteroatoms. The Balaban J connectivity index is 1.91. The van der Waals surface area contributed by atoms with Gasteiger partial charge in [-0.3, -0.25) is 4.79 Å². The first kappa shape index (κ1) is 13.9. The van der Waals surface area contributed by atoms with Crippen LogP contribution in [0.1, 0.15) is 51.9 Å². The summed E-state index contributed by atoms with van der Waals surface area (Å²) < 4.78 is 0. The summed E-state index contributed by atoms with van der Waals surface area (Å²) in [7, 11) is 0. The molecule has 0 aromatic carbocycles. The summed E-state index contributed by atoms with van der Waals surface area (Å²) in [5.74, 6) is 1.91. The SMILES string of the molecule is CC1CCN(C(=O)C2CCCCCC2)CC1CN. The Hall–Kier alpha value is -0.570. The molecule has 1 amide bonds. The van der Waals surface area contributed by atoms with Gasteiger partial charge in [0.15, 0.2) is 0 Å². The maximum absolute atomic E-state index is 12.6. The Morgan fingerprint density at radius 1 is 1.17 bits per heavy atom.